The van der Waals surface area contributed by atoms with Crippen molar-refractivity contribution in [1.29, 1.82) is 0 Å². The van der Waals surface area contributed by atoms with Gasteiger partial charge in [-0.1, -0.05) is 15.1 Å². The van der Waals surface area contributed by atoms with Gasteiger partial charge >= 0.3 is 11.9 Å². The van der Waals surface area contributed by atoms with Gasteiger partial charge in [0.1, 0.15) is 6.17 Å². The molecule has 0 radical (unpaired) electrons. The summed E-state index contributed by atoms with van der Waals surface area (Å²) in [4.78, 5) is 27.7. The van der Waals surface area contributed by atoms with Gasteiger partial charge in [-0.25, -0.2) is 0 Å². The van der Waals surface area contributed by atoms with Gasteiger partial charge in [0, 0.05) is 15.1 Å². The second kappa shape index (κ2) is 7.10. The first-order chi connectivity index (χ1) is 9.95. The molecule has 0 aliphatic rings. The normalized spacial score (nSPS) is 10.7. The molecule has 0 fully saturated rings. The number of rotatable bonds is 4. The first kappa shape index (κ1) is 15.4. The van der Waals surface area contributed by atoms with Crippen LogP contribution in [0.1, 0.15) is 13.1 Å². The van der Waals surface area contributed by atoms with Crippen LogP contribution in [0, 0.1) is 20.2 Å². The lowest BCUT2D eigenvalue weighted by molar-refractivity contribution is -0.394. The number of aromatic amines is 1. The number of hydrogen-bond donors (Lipinski definition) is 1. The average molecular weight is 297 g/mol. The summed E-state index contributed by atoms with van der Waals surface area (Å²) in [6.45, 7) is 1.54. The van der Waals surface area contributed by atoms with Crippen LogP contribution in [0.15, 0.2) is 17.8 Å². The number of nitrogens with zero attached hydrogens (tertiary/aromatic N) is 10. The van der Waals surface area contributed by atoms with E-state index in [0.717, 1.165) is 17.3 Å². The number of hydrogen-bond acceptors (Lipinski definition) is 9. The van der Waals surface area contributed by atoms with Crippen LogP contribution in [0.3, 0.4) is 0 Å². The predicted octanol–water partition coefficient (Wildman–Crippen LogP) is 0.728. The highest BCUT2D eigenvalue weighted by molar-refractivity contribution is 4.97. The number of H-pyrrole nitrogens is 1. The third kappa shape index (κ3) is 4.52. The molecule has 2 heterocycles. The Morgan fingerprint density at radius 3 is 2.43 bits per heavy atom. The monoisotopic (exact) mass is 297 g/mol. The highest BCUT2D eigenvalue weighted by Gasteiger charge is 2.15. The summed E-state index contributed by atoms with van der Waals surface area (Å²) in [5, 5.41) is 32.0. The van der Waals surface area contributed by atoms with Gasteiger partial charge in [0.25, 0.3) is 0 Å². The number of azide groups is 1. The summed E-state index contributed by atoms with van der Waals surface area (Å²) in [7, 11) is 0. The smallest absolute Gasteiger partial charge is 0.390 e. The van der Waals surface area contributed by atoms with Crippen molar-refractivity contribution in [2.45, 2.75) is 13.1 Å². The Morgan fingerprint density at radius 1 is 1.38 bits per heavy atom. The molecule has 110 valence electrons. The van der Waals surface area contributed by atoms with Crippen LogP contribution < -0.4 is 0 Å². The van der Waals surface area contributed by atoms with E-state index < -0.39 is 27.9 Å². The molecular formula is C6H7N11O4. The van der Waals surface area contributed by atoms with E-state index in [0.29, 0.717) is 0 Å². The zero-order valence-electron chi connectivity index (χ0n) is 10.3. The summed E-state index contributed by atoms with van der Waals surface area (Å²) in [5.41, 5.74) is 8.08. The van der Waals surface area contributed by atoms with Crippen LogP contribution in [0.4, 0.5) is 11.9 Å². The lowest BCUT2D eigenvalue weighted by atomic mass is 10.6. The second-order valence-corrected chi connectivity index (χ2v) is 3.17. The first-order valence-electron chi connectivity index (χ1n) is 5.05. The topological polar surface area (TPSA) is 207 Å². The van der Waals surface area contributed by atoms with Gasteiger partial charge < -0.3 is 20.2 Å². The predicted molar refractivity (Wildman–Crippen MR) is 63.6 cm³/mol. The van der Waals surface area contributed by atoms with E-state index in [9.17, 15) is 20.2 Å². The zero-order chi connectivity index (χ0) is 15.8. The quantitative estimate of drug-likeness (QED) is 0.278. The fourth-order valence-electron chi connectivity index (χ4n) is 0.947. The van der Waals surface area contributed by atoms with E-state index in [1.165, 1.54) is 6.92 Å². The van der Waals surface area contributed by atoms with Crippen LogP contribution in [-0.2, 0) is 0 Å². The van der Waals surface area contributed by atoms with Crippen LogP contribution in [0.25, 0.3) is 10.4 Å². The molecular weight excluding hydrogens is 290 g/mol. The van der Waals surface area contributed by atoms with Crippen molar-refractivity contribution >= 4 is 11.9 Å². The third-order valence-electron chi connectivity index (χ3n) is 1.83. The van der Waals surface area contributed by atoms with Gasteiger partial charge in [-0.15, -0.1) is 0 Å². The number of nitro groups is 2. The summed E-state index contributed by atoms with van der Waals surface area (Å²) in [5.74, 6) is -0.912. The maximum absolute atomic E-state index is 10.2. The minimum Gasteiger partial charge on any atom is -0.390 e. The van der Waals surface area contributed by atoms with Crippen molar-refractivity contribution in [2.24, 2.45) is 5.11 Å². The minimum absolute atomic E-state index is 0.398. The highest BCUT2D eigenvalue weighted by atomic mass is 16.6. The van der Waals surface area contributed by atoms with Crippen LogP contribution in [-0.4, -0.2) is 39.8 Å². The molecule has 15 heteroatoms. The lowest BCUT2D eigenvalue weighted by Gasteiger charge is -1.96. The SMILES string of the molecule is CC(N=[N+]=[N-])n1cnc([N+](=O)[O-])n1.O=[N+]([O-])c1nc[nH]n1. The Hall–Kier alpha value is -3.61. The largest absolute Gasteiger partial charge is 0.490 e. The maximum Gasteiger partial charge on any atom is 0.490 e. The Balaban J connectivity index is 0.000000235. The van der Waals surface area contributed by atoms with E-state index in [-0.39, 0.29) is 0 Å². The van der Waals surface area contributed by atoms with Crippen LogP contribution >= 0.6 is 0 Å². The second-order valence-electron chi connectivity index (χ2n) is 3.17. The lowest BCUT2D eigenvalue weighted by Crippen LogP contribution is -2.02. The molecule has 2 aromatic rings. The van der Waals surface area contributed by atoms with E-state index >= 15 is 0 Å². The number of aromatic nitrogens is 6. The molecule has 1 unspecified atom stereocenters. The minimum atomic E-state index is -0.723. The van der Waals surface area contributed by atoms with Crippen LogP contribution in [0.2, 0.25) is 0 Å². The third-order valence-corrected chi connectivity index (χ3v) is 1.83. The molecule has 1 atom stereocenters. The van der Waals surface area contributed by atoms with Gasteiger partial charge in [-0.2, -0.15) is 9.78 Å². The first-order valence-corrected chi connectivity index (χ1v) is 5.05. The fraction of sp³-hybridized carbons (Fsp3) is 0.333. The van der Waals surface area contributed by atoms with Gasteiger partial charge in [0.15, 0.2) is 0 Å². The Bertz CT molecular complexity index is 656. The van der Waals surface area contributed by atoms with Gasteiger partial charge in [-0.05, 0) is 22.3 Å². The summed E-state index contributed by atoms with van der Waals surface area (Å²) < 4.78 is 1.11. The zero-order valence-corrected chi connectivity index (χ0v) is 10.3. The molecule has 0 amide bonds. The maximum atomic E-state index is 10.2. The van der Waals surface area contributed by atoms with Crippen molar-refractivity contribution < 1.29 is 9.85 Å². The molecule has 0 aliphatic carbocycles. The van der Waals surface area contributed by atoms with Crippen molar-refractivity contribution in [3.8, 4) is 0 Å². The van der Waals surface area contributed by atoms with Gasteiger partial charge in [-0.3, -0.25) is 0 Å². The van der Waals surface area contributed by atoms with Gasteiger partial charge in [0.2, 0.25) is 12.7 Å². The van der Waals surface area contributed by atoms with E-state index in [4.69, 9.17) is 5.53 Å². The molecule has 0 saturated carbocycles. The molecule has 0 spiro atoms. The molecule has 0 saturated heterocycles. The highest BCUT2D eigenvalue weighted by Crippen LogP contribution is 2.08. The van der Waals surface area contributed by atoms with E-state index in [1.54, 1.807) is 0 Å². The van der Waals surface area contributed by atoms with Crippen molar-refractivity contribution in [2.75, 3.05) is 0 Å². The van der Waals surface area contributed by atoms with E-state index in [1.807, 2.05) is 0 Å². The van der Waals surface area contributed by atoms with Crippen molar-refractivity contribution in [3.05, 3.63) is 43.3 Å². The molecule has 15 nitrogen and oxygen atoms in total. The molecule has 0 bridgehead atoms. The summed E-state index contributed by atoms with van der Waals surface area (Å²) in [6, 6.07) is 0. The van der Waals surface area contributed by atoms with Crippen LogP contribution in [0.5, 0.6) is 0 Å². The Kier molecular flexibility index (Phi) is 5.22. The van der Waals surface area contributed by atoms with Gasteiger partial charge in [0.05, 0.1) is 0 Å². The molecule has 0 aliphatic heterocycles. The fourth-order valence-corrected chi connectivity index (χ4v) is 0.947. The standard InChI is InChI=1S/C4H5N7O2.C2H2N4O2/c1-3(7-9-5)10-2-6-4(8-10)11(12)13;7-6(8)2-3-1-4-5-2/h2-3H,1H3;1H,(H,3,4,5). The van der Waals surface area contributed by atoms with E-state index in [2.05, 4.69) is 35.3 Å². The molecule has 21 heavy (non-hydrogen) atoms. The van der Waals surface area contributed by atoms with Crippen molar-refractivity contribution in [3.63, 3.8) is 0 Å². The van der Waals surface area contributed by atoms with Crippen molar-refractivity contribution in [1.82, 2.24) is 29.9 Å². The average Bonchev–Trinajstić information content (AvgIpc) is 3.11. The Labute approximate surface area is 114 Å². The summed E-state index contributed by atoms with van der Waals surface area (Å²) >= 11 is 0. The molecule has 2 aromatic heterocycles. The number of nitrogens with one attached hydrogen (secondary N) is 1. The molecule has 2 rings (SSSR count). The molecule has 0 aromatic carbocycles. The Morgan fingerprint density at radius 2 is 2.05 bits per heavy atom. The molecule has 1 N–H and O–H groups in total. The summed E-state index contributed by atoms with van der Waals surface area (Å²) in [6.07, 6.45) is 1.67.